The summed E-state index contributed by atoms with van der Waals surface area (Å²) in [6, 6.07) is -0.221. The summed E-state index contributed by atoms with van der Waals surface area (Å²) in [5.74, 6) is -0.226. The number of thioether (sulfide) groups is 1. The van der Waals surface area contributed by atoms with Gasteiger partial charge < -0.3 is 5.11 Å². The Kier molecular flexibility index (Phi) is 2.29. The summed E-state index contributed by atoms with van der Waals surface area (Å²) in [6.45, 7) is -0.128. The molecule has 0 bridgehead atoms. The maximum atomic E-state index is 10.6. The number of hydrogen-bond acceptors (Lipinski definition) is 4. The monoisotopic (exact) mass is 161 g/mol. The highest BCUT2D eigenvalue weighted by molar-refractivity contribution is 8.16. The minimum Gasteiger partial charge on any atom is -0.480 e. The molecule has 1 aliphatic rings. The van der Waals surface area contributed by atoms with Crippen LogP contribution in [-0.4, -0.2) is 34.5 Å². The first kappa shape index (κ1) is 7.56. The van der Waals surface area contributed by atoms with E-state index in [1.807, 2.05) is 0 Å². The van der Waals surface area contributed by atoms with E-state index in [0.717, 1.165) is 0 Å². The average Bonchev–Trinajstić information content (AvgIpc) is 1.84. The van der Waals surface area contributed by atoms with Crippen LogP contribution in [0.2, 0.25) is 0 Å². The van der Waals surface area contributed by atoms with E-state index in [9.17, 15) is 9.59 Å². The van der Waals surface area contributed by atoms with E-state index in [2.05, 4.69) is 5.32 Å². The minimum absolute atomic E-state index is 0.0428. The van der Waals surface area contributed by atoms with Gasteiger partial charge in [0, 0.05) is 5.75 Å². The molecule has 0 amide bonds. The molecule has 0 radical (unpaired) electrons. The first-order valence-corrected chi connectivity index (χ1v) is 3.80. The average molecular weight is 161 g/mol. The Balaban J connectivity index is 2.14. The summed E-state index contributed by atoms with van der Waals surface area (Å²) < 4.78 is 0. The van der Waals surface area contributed by atoms with Gasteiger partial charge in [0.1, 0.15) is 0 Å². The van der Waals surface area contributed by atoms with Crippen LogP contribution in [0.15, 0.2) is 0 Å². The third kappa shape index (κ3) is 1.71. The van der Waals surface area contributed by atoms with Gasteiger partial charge in [-0.15, -0.1) is 0 Å². The van der Waals surface area contributed by atoms with Crippen LogP contribution in [-0.2, 0) is 9.59 Å². The van der Waals surface area contributed by atoms with Crippen molar-refractivity contribution in [2.24, 2.45) is 0 Å². The lowest BCUT2D eigenvalue weighted by Crippen LogP contribution is -2.46. The molecule has 1 rings (SSSR count). The second-order valence-corrected chi connectivity index (χ2v) is 2.98. The number of aliphatic carboxylic acids is 1. The summed E-state index contributed by atoms with van der Waals surface area (Å²) in [6.07, 6.45) is 0. The molecule has 0 aliphatic carbocycles. The normalized spacial score (nSPS) is 24.0. The van der Waals surface area contributed by atoms with Crippen LogP contribution in [0.4, 0.5) is 0 Å². The molecule has 5 heteroatoms. The molecule has 1 saturated heterocycles. The standard InChI is InChI=1S/C5H7NO3S/c7-4(8)1-6-3-2-10-5(3)9/h3,6H,1-2H2,(H,7,8). The summed E-state index contributed by atoms with van der Waals surface area (Å²) in [7, 11) is 0. The second-order valence-electron chi connectivity index (χ2n) is 1.96. The van der Waals surface area contributed by atoms with Crippen LogP contribution < -0.4 is 5.32 Å². The van der Waals surface area contributed by atoms with Crippen molar-refractivity contribution in [1.29, 1.82) is 0 Å². The predicted molar refractivity (Wildman–Crippen MR) is 36.9 cm³/mol. The number of carboxylic acid groups (broad SMARTS) is 1. The van der Waals surface area contributed by atoms with E-state index in [-0.39, 0.29) is 17.7 Å². The van der Waals surface area contributed by atoms with Crippen LogP contribution in [0.3, 0.4) is 0 Å². The number of rotatable bonds is 3. The lowest BCUT2D eigenvalue weighted by atomic mass is 10.3. The third-order valence-electron chi connectivity index (χ3n) is 1.18. The molecule has 0 aromatic rings. The quantitative estimate of drug-likeness (QED) is 0.573. The molecule has 0 spiro atoms. The maximum absolute atomic E-state index is 10.6. The van der Waals surface area contributed by atoms with E-state index in [0.29, 0.717) is 5.75 Å². The second kappa shape index (κ2) is 3.03. The van der Waals surface area contributed by atoms with Crippen LogP contribution in [0, 0.1) is 0 Å². The van der Waals surface area contributed by atoms with E-state index >= 15 is 0 Å². The topological polar surface area (TPSA) is 66.4 Å². The molecule has 0 saturated carbocycles. The molecule has 1 fully saturated rings. The molecule has 2 N–H and O–H groups in total. The number of carbonyl (C=O) groups excluding carboxylic acids is 1. The van der Waals surface area contributed by atoms with Crippen LogP contribution in [0.5, 0.6) is 0 Å². The van der Waals surface area contributed by atoms with Gasteiger partial charge in [-0.2, -0.15) is 0 Å². The van der Waals surface area contributed by atoms with Gasteiger partial charge in [-0.1, -0.05) is 11.8 Å². The maximum Gasteiger partial charge on any atom is 0.317 e. The summed E-state index contributed by atoms with van der Waals surface area (Å²) >= 11 is 1.23. The smallest absolute Gasteiger partial charge is 0.317 e. The highest BCUT2D eigenvalue weighted by Crippen LogP contribution is 2.19. The van der Waals surface area contributed by atoms with Crippen molar-refractivity contribution in [3.63, 3.8) is 0 Å². The van der Waals surface area contributed by atoms with E-state index in [4.69, 9.17) is 5.11 Å². The zero-order valence-corrected chi connectivity index (χ0v) is 5.98. The van der Waals surface area contributed by atoms with Gasteiger partial charge >= 0.3 is 5.97 Å². The number of hydrogen-bond donors (Lipinski definition) is 2. The van der Waals surface area contributed by atoms with Gasteiger partial charge in [-0.3, -0.25) is 14.9 Å². The molecule has 56 valence electrons. The van der Waals surface area contributed by atoms with E-state index in [1.54, 1.807) is 0 Å². The number of carbonyl (C=O) groups is 2. The molecule has 1 atom stereocenters. The number of nitrogens with one attached hydrogen (secondary N) is 1. The Morgan fingerprint density at radius 3 is 2.90 bits per heavy atom. The minimum atomic E-state index is -0.926. The predicted octanol–water partition coefficient (Wildman–Crippen LogP) is -0.697. The highest BCUT2D eigenvalue weighted by atomic mass is 32.2. The lowest BCUT2D eigenvalue weighted by molar-refractivity contribution is -0.136. The molecule has 4 nitrogen and oxygen atoms in total. The Labute approximate surface area is 62.0 Å². The first-order chi connectivity index (χ1) is 4.70. The summed E-state index contributed by atoms with van der Waals surface area (Å²) in [4.78, 5) is 20.5. The van der Waals surface area contributed by atoms with E-state index in [1.165, 1.54) is 11.8 Å². The van der Waals surface area contributed by atoms with Crippen LogP contribution >= 0.6 is 11.8 Å². The number of carboxylic acids is 1. The molecule has 0 aromatic heterocycles. The van der Waals surface area contributed by atoms with Crippen molar-refractivity contribution < 1.29 is 14.7 Å². The molecule has 1 aliphatic heterocycles. The molecule has 1 heterocycles. The Morgan fingerprint density at radius 1 is 1.90 bits per heavy atom. The van der Waals surface area contributed by atoms with Crippen LogP contribution in [0.1, 0.15) is 0 Å². The Morgan fingerprint density at radius 2 is 2.60 bits per heavy atom. The third-order valence-corrected chi connectivity index (χ3v) is 2.25. The Hall–Kier alpha value is -0.550. The zero-order valence-electron chi connectivity index (χ0n) is 5.16. The van der Waals surface area contributed by atoms with Crippen molar-refractivity contribution in [1.82, 2.24) is 5.32 Å². The highest BCUT2D eigenvalue weighted by Gasteiger charge is 2.28. The first-order valence-electron chi connectivity index (χ1n) is 2.82. The fraction of sp³-hybridized carbons (Fsp3) is 0.600. The molecular weight excluding hydrogens is 154 g/mol. The lowest BCUT2D eigenvalue weighted by Gasteiger charge is -2.22. The van der Waals surface area contributed by atoms with Gasteiger partial charge in [-0.25, -0.2) is 0 Å². The molecule has 10 heavy (non-hydrogen) atoms. The molecular formula is C5H7NO3S. The fourth-order valence-corrected chi connectivity index (χ4v) is 1.26. The van der Waals surface area contributed by atoms with Gasteiger partial charge in [0.05, 0.1) is 12.6 Å². The molecule has 0 aromatic carbocycles. The van der Waals surface area contributed by atoms with Crippen molar-refractivity contribution in [3.8, 4) is 0 Å². The fourth-order valence-electron chi connectivity index (χ4n) is 0.587. The largest absolute Gasteiger partial charge is 0.480 e. The Bertz CT molecular complexity index is 170. The SMILES string of the molecule is O=C(O)CNC1CSC1=O. The van der Waals surface area contributed by atoms with Gasteiger partial charge in [-0.05, 0) is 0 Å². The molecule has 1 unspecified atom stereocenters. The van der Waals surface area contributed by atoms with Crippen molar-refractivity contribution in [3.05, 3.63) is 0 Å². The van der Waals surface area contributed by atoms with Crippen LogP contribution in [0.25, 0.3) is 0 Å². The van der Waals surface area contributed by atoms with E-state index < -0.39 is 5.97 Å². The van der Waals surface area contributed by atoms with Gasteiger partial charge in [0.15, 0.2) is 0 Å². The van der Waals surface area contributed by atoms with Crippen molar-refractivity contribution in [2.75, 3.05) is 12.3 Å². The van der Waals surface area contributed by atoms with Gasteiger partial charge in [0.25, 0.3) is 0 Å². The zero-order chi connectivity index (χ0) is 7.56. The summed E-state index contributed by atoms with van der Waals surface area (Å²) in [5.41, 5.74) is 0. The van der Waals surface area contributed by atoms with Gasteiger partial charge in [0.2, 0.25) is 5.12 Å². The van der Waals surface area contributed by atoms with Crippen molar-refractivity contribution in [2.45, 2.75) is 6.04 Å². The van der Waals surface area contributed by atoms with Crippen molar-refractivity contribution >= 4 is 22.8 Å². The summed E-state index contributed by atoms with van der Waals surface area (Å²) in [5, 5.41) is 10.8.